The van der Waals surface area contributed by atoms with E-state index in [1.807, 2.05) is 12.1 Å². The van der Waals surface area contributed by atoms with Gasteiger partial charge in [0.15, 0.2) is 0 Å². The Hall–Kier alpha value is -2.45. The topological polar surface area (TPSA) is 103 Å². The van der Waals surface area contributed by atoms with Crippen LogP contribution in [0.2, 0.25) is 0 Å². The number of fused-ring (bicyclic) bond motifs is 1. The lowest BCUT2D eigenvalue weighted by atomic mass is 10.1. The summed E-state index contributed by atoms with van der Waals surface area (Å²) in [4.78, 5) is 36.0. The van der Waals surface area contributed by atoms with Crippen LogP contribution in [0.5, 0.6) is 0 Å². The van der Waals surface area contributed by atoms with Crippen LogP contribution in [0.1, 0.15) is 24.4 Å². The number of aliphatic hydroxyl groups is 1. The van der Waals surface area contributed by atoms with Gasteiger partial charge in [-0.1, -0.05) is 6.07 Å². The molecule has 1 atom stereocenters. The number of carbonyl (C=O) groups is 2. The first-order chi connectivity index (χ1) is 11.5. The molecule has 0 saturated carbocycles. The quantitative estimate of drug-likeness (QED) is 0.584. The Kier molecular flexibility index (Phi) is 4.50. The van der Waals surface area contributed by atoms with Crippen LogP contribution in [0, 0.1) is 0 Å². The third kappa shape index (κ3) is 2.85. The van der Waals surface area contributed by atoms with Gasteiger partial charge in [-0.05, 0) is 24.1 Å². The van der Waals surface area contributed by atoms with Crippen molar-refractivity contribution in [3.8, 4) is 0 Å². The number of hydrogen-bond donors (Lipinski definition) is 2. The minimum atomic E-state index is -0.685. The summed E-state index contributed by atoms with van der Waals surface area (Å²) in [5, 5.41) is 11.0. The van der Waals surface area contributed by atoms with Crippen LogP contribution in [0.25, 0.3) is 11.0 Å². The van der Waals surface area contributed by atoms with Gasteiger partial charge in [-0.25, -0.2) is 4.79 Å². The predicted molar refractivity (Wildman–Crippen MR) is 85.3 cm³/mol. The van der Waals surface area contributed by atoms with Crippen LogP contribution in [0.15, 0.2) is 23.0 Å². The molecule has 128 valence electrons. The average molecular weight is 333 g/mol. The lowest BCUT2D eigenvalue weighted by Gasteiger charge is -2.21. The number of nitrogens with zero attached hydrogens (tertiary/aromatic N) is 2. The van der Waals surface area contributed by atoms with Crippen molar-refractivity contribution in [2.24, 2.45) is 7.05 Å². The average Bonchev–Trinajstić information content (AvgIpc) is 2.80. The molecule has 0 spiro atoms. The standard InChI is InChI=1S/C16H19N3O5/c1-18-13-8-10(9-24-7-6-20)2-3-11(13)19(16(18)23)12-4-5-14(21)17-15(12)22/h2-3,8,12,20H,4-7,9H2,1H3,(H,17,21,22). The van der Waals surface area contributed by atoms with Gasteiger partial charge in [0.05, 0.1) is 30.9 Å². The zero-order valence-corrected chi connectivity index (χ0v) is 13.3. The maximum absolute atomic E-state index is 12.6. The molecule has 2 heterocycles. The highest BCUT2D eigenvalue weighted by Crippen LogP contribution is 2.23. The number of imidazole rings is 1. The Labute approximate surface area is 137 Å². The Morgan fingerprint density at radius 1 is 1.29 bits per heavy atom. The van der Waals surface area contributed by atoms with E-state index in [0.29, 0.717) is 24.1 Å². The second-order valence-corrected chi connectivity index (χ2v) is 5.78. The van der Waals surface area contributed by atoms with Crippen LogP contribution < -0.4 is 11.0 Å². The van der Waals surface area contributed by atoms with Gasteiger partial charge < -0.3 is 9.84 Å². The number of amides is 2. The third-order valence-electron chi connectivity index (χ3n) is 4.18. The molecule has 2 amide bonds. The van der Waals surface area contributed by atoms with Gasteiger partial charge in [0.25, 0.3) is 0 Å². The predicted octanol–water partition coefficient (Wildman–Crippen LogP) is -0.173. The highest BCUT2D eigenvalue weighted by molar-refractivity contribution is 6.00. The van der Waals surface area contributed by atoms with Crippen molar-refractivity contribution < 1.29 is 19.4 Å². The van der Waals surface area contributed by atoms with E-state index >= 15 is 0 Å². The van der Waals surface area contributed by atoms with E-state index in [-0.39, 0.29) is 31.2 Å². The second-order valence-electron chi connectivity index (χ2n) is 5.78. The molecule has 1 unspecified atom stereocenters. The fraction of sp³-hybridized carbons (Fsp3) is 0.438. The van der Waals surface area contributed by atoms with Crippen LogP contribution >= 0.6 is 0 Å². The van der Waals surface area contributed by atoms with Crippen LogP contribution in [0.4, 0.5) is 0 Å². The molecule has 8 heteroatoms. The van der Waals surface area contributed by atoms with Gasteiger partial charge >= 0.3 is 5.69 Å². The number of aryl methyl sites for hydroxylation is 1. The molecule has 24 heavy (non-hydrogen) atoms. The molecule has 3 rings (SSSR count). The molecule has 2 N–H and O–H groups in total. The zero-order valence-electron chi connectivity index (χ0n) is 13.3. The van der Waals surface area contributed by atoms with Crippen molar-refractivity contribution in [3.05, 3.63) is 34.2 Å². The molecule has 0 aliphatic carbocycles. The number of rotatable bonds is 5. The van der Waals surface area contributed by atoms with Gasteiger partial charge in [0, 0.05) is 13.5 Å². The molecule has 0 radical (unpaired) electrons. The molecule has 1 saturated heterocycles. The van der Waals surface area contributed by atoms with Crippen molar-refractivity contribution in [2.75, 3.05) is 13.2 Å². The first-order valence-electron chi connectivity index (χ1n) is 7.75. The van der Waals surface area contributed by atoms with Crippen LogP contribution in [-0.4, -0.2) is 39.3 Å². The van der Waals surface area contributed by atoms with Crippen molar-refractivity contribution >= 4 is 22.8 Å². The highest BCUT2D eigenvalue weighted by Gasteiger charge is 2.31. The fourth-order valence-corrected chi connectivity index (χ4v) is 2.98. The lowest BCUT2D eigenvalue weighted by molar-refractivity contribution is -0.135. The minimum absolute atomic E-state index is 0.0490. The summed E-state index contributed by atoms with van der Waals surface area (Å²) in [6.45, 7) is 0.523. The maximum atomic E-state index is 12.6. The van der Waals surface area contributed by atoms with E-state index in [0.717, 1.165) is 5.56 Å². The molecule has 1 aliphatic heterocycles. The summed E-state index contributed by atoms with van der Waals surface area (Å²) >= 11 is 0. The first kappa shape index (κ1) is 16.4. The summed E-state index contributed by atoms with van der Waals surface area (Å²) in [7, 11) is 1.64. The molecular formula is C16H19N3O5. The van der Waals surface area contributed by atoms with E-state index in [2.05, 4.69) is 5.32 Å². The van der Waals surface area contributed by atoms with Crippen LogP contribution in [-0.2, 0) is 28.0 Å². The molecule has 2 aromatic rings. The van der Waals surface area contributed by atoms with Gasteiger partial charge in [-0.2, -0.15) is 0 Å². The zero-order chi connectivity index (χ0) is 17.3. The smallest absolute Gasteiger partial charge is 0.329 e. The molecule has 1 fully saturated rings. The first-order valence-corrected chi connectivity index (χ1v) is 7.75. The molecule has 1 aromatic carbocycles. The Morgan fingerprint density at radius 3 is 2.79 bits per heavy atom. The second kappa shape index (κ2) is 6.58. The SMILES string of the molecule is Cn1c(=O)n(C2CCC(=O)NC2=O)c2ccc(COCCO)cc21. The summed E-state index contributed by atoms with van der Waals surface area (Å²) in [6, 6.07) is 4.74. The van der Waals surface area contributed by atoms with E-state index in [1.165, 1.54) is 9.13 Å². The number of piperidine rings is 1. The molecule has 1 aliphatic rings. The highest BCUT2D eigenvalue weighted by atomic mass is 16.5. The van der Waals surface area contributed by atoms with Crippen molar-refractivity contribution in [2.45, 2.75) is 25.5 Å². The Bertz CT molecular complexity index is 851. The van der Waals surface area contributed by atoms with Gasteiger partial charge in [-0.3, -0.25) is 24.0 Å². The third-order valence-corrected chi connectivity index (χ3v) is 4.18. The number of imide groups is 1. The van der Waals surface area contributed by atoms with E-state index < -0.39 is 11.9 Å². The number of hydrogen-bond acceptors (Lipinski definition) is 5. The fourth-order valence-electron chi connectivity index (χ4n) is 2.98. The molecule has 8 nitrogen and oxygen atoms in total. The Balaban J connectivity index is 2.00. The molecular weight excluding hydrogens is 314 g/mol. The van der Waals surface area contributed by atoms with Gasteiger partial charge in [0.2, 0.25) is 11.8 Å². The van der Waals surface area contributed by atoms with E-state index in [4.69, 9.17) is 9.84 Å². The Morgan fingerprint density at radius 2 is 2.08 bits per heavy atom. The summed E-state index contributed by atoms with van der Waals surface area (Å²) < 4.78 is 8.21. The molecule has 1 aromatic heterocycles. The van der Waals surface area contributed by atoms with E-state index in [1.54, 1.807) is 13.1 Å². The number of nitrogens with one attached hydrogen (secondary N) is 1. The van der Waals surface area contributed by atoms with E-state index in [9.17, 15) is 14.4 Å². The van der Waals surface area contributed by atoms with Crippen molar-refractivity contribution in [1.29, 1.82) is 0 Å². The number of carbonyl (C=O) groups excluding carboxylic acids is 2. The summed E-state index contributed by atoms with van der Waals surface area (Å²) in [6.07, 6.45) is 0.525. The number of aliphatic hydroxyl groups excluding tert-OH is 1. The number of benzene rings is 1. The summed E-state index contributed by atoms with van der Waals surface area (Å²) in [5.41, 5.74) is 1.90. The maximum Gasteiger partial charge on any atom is 0.329 e. The normalized spacial score (nSPS) is 18.2. The lowest BCUT2D eigenvalue weighted by Crippen LogP contribution is -2.44. The monoisotopic (exact) mass is 333 g/mol. The largest absolute Gasteiger partial charge is 0.394 e. The van der Waals surface area contributed by atoms with Crippen molar-refractivity contribution in [3.63, 3.8) is 0 Å². The number of aromatic nitrogens is 2. The number of ether oxygens (including phenoxy) is 1. The molecule has 0 bridgehead atoms. The summed E-state index contributed by atoms with van der Waals surface area (Å²) in [5.74, 6) is -0.760. The minimum Gasteiger partial charge on any atom is -0.394 e. The van der Waals surface area contributed by atoms with Crippen molar-refractivity contribution in [1.82, 2.24) is 14.5 Å². The van der Waals surface area contributed by atoms with Crippen LogP contribution in [0.3, 0.4) is 0 Å². The van der Waals surface area contributed by atoms with Gasteiger partial charge in [-0.15, -0.1) is 0 Å². The van der Waals surface area contributed by atoms with Gasteiger partial charge in [0.1, 0.15) is 6.04 Å².